The first-order valence-electron chi connectivity index (χ1n) is 9.11. The van der Waals surface area contributed by atoms with E-state index in [2.05, 4.69) is 11.6 Å². The molecule has 0 saturated heterocycles. The van der Waals surface area contributed by atoms with Gasteiger partial charge in [-0.05, 0) is 30.3 Å². The largest absolute Gasteiger partial charge is 0.330 e. The average Bonchev–Trinajstić information content (AvgIpc) is 3.35. The molecule has 0 saturated carbocycles. The fourth-order valence-corrected chi connectivity index (χ4v) is 4.69. The summed E-state index contributed by atoms with van der Waals surface area (Å²) < 4.78 is 0.690. The molecular formula is C22H20ClN3O2S2. The third-order valence-electron chi connectivity index (χ3n) is 4.06. The van der Waals surface area contributed by atoms with Crippen molar-refractivity contribution >= 4 is 63.0 Å². The molecule has 8 heteroatoms. The lowest BCUT2D eigenvalue weighted by Gasteiger charge is -2.18. The van der Waals surface area contributed by atoms with Crippen LogP contribution in [-0.2, 0) is 16.1 Å². The first-order valence-corrected chi connectivity index (χ1v) is 11.2. The summed E-state index contributed by atoms with van der Waals surface area (Å²) >= 11 is 8.77. The van der Waals surface area contributed by atoms with E-state index in [0.717, 1.165) is 10.6 Å². The van der Waals surface area contributed by atoms with Crippen LogP contribution in [0.25, 0.3) is 6.08 Å². The van der Waals surface area contributed by atoms with Crippen molar-refractivity contribution in [1.29, 1.82) is 0 Å². The molecule has 30 heavy (non-hydrogen) atoms. The van der Waals surface area contributed by atoms with E-state index in [0.29, 0.717) is 28.3 Å². The molecule has 3 aromatic rings. The monoisotopic (exact) mass is 457 g/mol. The molecule has 0 aliphatic carbocycles. The fraction of sp³-hybridized carbons (Fsp3) is 0.136. The summed E-state index contributed by atoms with van der Waals surface area (Å²) in [7, 11) is 0. The van der Waals surface area contributed by atoms with Crippen molar-refractivity contribution < 1.29 is 9.59 Å². The SMILES string of the molecule is C=CCN(Cc1ccc(Cl)s1)C(=O)/C=C/c1csc(N(C(C)=O)c2ccccc2)n1. The van der Waals surface area contributed by atoms with E-state index >= 15 is 0 Å². The minimum atomic E-state index is -0.152. The van der Waals surface area contributed by atoms with Gasteiger partial charge in [-0.2, -0.15) is 0 Å². The Kier molecular flexibility index (Phi) is 7.57. The van der Waals surface area contributed by atoms with Crippen LogP contribution >= 0.6 is 34.3 Å². The quantitative estimate of drug-likeness (QED) is 0.318. The Morgan fingerprint density at radius 1 is 1.20 bits per heavy atom. The van der Waals surface area contributed by atoms with Gasteiger partial charge in [0, 0.05) is 29.8 Å². The van der Waals surface area contributed by atoms with E-state index in [1.807, 2.05) is 47.8 Å². The van der Waals surface area contributed by atoms with Crippen molar-refractivity contribution in [1.82, 2.24) is 9.88 Å². The smallest absolute Gasteiger partial charge is 0.247 e. The minimum Gasteiger partial charge on any atom is -0.330 e. The van der Waals surface area contributed by atoms with Crippen molar-refractivity contribution in [3.05, 3.63) is 81.5 Å². The van der Waals surface area contributed by atoms with Gasteiger partial charge >= 0.3 is 0 Å². The standard InChI is InChI=1S/C22H20ClN3O2S2/c1-3-13-25(14-19-10-11-20(23)30-19)21(28)12-9-17-15-29-22(24-17)26(16(2)27)18-7-5-4-6-8-18/h3-12,15H,1,13-14H2,2H3/b12-9+. The highest BCUT2D eigenvalue weighted by molar-refractivity contribution is 7.16. The summed E-state index contributed by atoms with van der Waals surface area (Å²) in [6, 6.07) is 13.1. The van der Waals surface area contributed by atoms with Gasteiger partial charge in [-0.25, -0.2) is 4.98 Å². The van der Waals surface area contributed by atoms with Gasteiger partial charge in [0.25, 0.3) is 0 Å². The van der Waals surface area contributed by atoms with Crippen LogP contribution in [0.15, 0.2) is 66.6 Å². The molecule has 0 radical (unpaired) electrons. The normalized spacial score (nSPS) is 10.9. The second kappa shape index (κ2) is 10.3. The maximum atomic E-state index is 12.7. The van der Waals surface area contributed by atoms with Crippen molar-refractivity contribution in [2.75, 3.05) is 11.4 Å². The zero-order valence-corrected chi connectivity index (χ0v) is 18.7. The van der Waals surface area contributed by atoms with Crippen LogP contribution in [0.5, 0.6) is 0 Å². The second-order valence-electron chi connectivity index (χ2n) is 6.29. The lowest BCUT2D eigenvalue weighted by Crippen LogP contribution is -2.28. The maximum absolute atomic E-state index is 12.7. The van der Waals surface area contributed by atoms with Gasteiger partial charge in [0.1, 0.15) is 0 Å². The molecule has 0 aliphatic heterocycles. The number of thiophene rings is 1. The van der Waals surface area contributed by atoms with Crippen LogP contribution in [0.3, 0.4) is 0 Å². The lowest BCUT2D eigenvalue weighted by molar-refractivity contribution is -0.126. The molecule has 2 amide bonds. The van der Waals surface area contributed by atoms with Gasteiger partial charge in [0.2, 0.25) is 11.8 Å². The zero-order chi connectivity index (χ0) is 21.5. The zero-order valence-electron chi connectivity index (χ0n) is 16.3. The van der Waals surface area contributed by atoms with Crippen LogP contribution < -0.4 is 4.90 Å². The van der Waals surface area contributed by atoms with Crippen molar-refractivity contribution in [2.45, 2.75) is 13.5 Å². The minimum absolute atomic E-state index is 0.131. The number of carbonyl (C=O) groups excluding carboxylic acids is 2. The van der Waals surface area contributed by atoms with E-state index in [4.69, 9.17) is 11.6 Å². The van der Waals surface area contributed by atoms with E-state index in [1.54, 1.807) is 22.0 Å². The van der Waals surface area contributed by atoms with Gasteiger partial charge in [-0.1, -0.05) is 35.9 Å². The summed E-state index contributed by atoms with van der Waals surface area (Å²) in [6.45, 7) is 6.11. The number of hydrogen-bond donors (Lipinski definition) is 0. The van der Waals surface area contributed by atoms with Crippen LogP contribution in [0.2, 0.25) is 4.34 Å². The van der Waals surface area contributed by atoms with Gasteiger partial charge in [-0.15, -0.1) is 29.3 Å². The Balaban J connectivity index is 1.73. The number of rotatable bonds is 8. The van der Waals surface area contributed by atoms with Gasteiger partial charge < -0.3 is 4.90 Å². The first kappa shape index (κ1) is 22.0. The van der Waals surface area contributed by atoms with Crippen molar-refractivity contribution in [3.8, 4) is 0 Å². The van der Waals surface area contributed by atoms with E-state index in [-0.39, 0.29) is 11.8 Å². The predicted molar refractivity (Wildman–Crippen MR) is 125 cm³/mol. The molecule has 0 fully saturated rings. The number of para-hydroxylation sites is 1. The van der Waals surface area contributed by atoms with Gasteiger partial charge in [-0.3, -0.25) is 14.5 Å². The molecule has 0 bridgehead atoms. The number of nitrogens with zero attached hydrogens (tertiary/aromatic N) is 3. The Morgan fingerprint density at radius 2 is 1.97 bits per heavy atom. The topological polar surface area (TPSA) is 53.5 Å². The molecule has 0 aliphatic rings. The number of benzene rings is 1. The van der Waals surface area contributed by atoms with E-state index in [9.17, 15) is 9.59 Å². The second-order valence-corrected chi connectivity index (χ2v) is 8.93. The third kappa shape index (κ3) is 5.66. The Hall–Kier alpha value is -2.74. The van der Waals surface area contributed by atoms with E-state index < -0.39 is 0 Å². The van der Waals surface area contributed by atoms with Gasteiger partial charge in [0.05, 0.1) is 22.3 Å². The van der Waals surface area contributed by atoms with Gasteiger partial charge in [0.15, 0.2) is 5.13 Å². The van der Waals surface area contributed by atoms with Crippen LogP contribution in [0.4, 0.5) is 10.8 Å². The summed E-state index contributed by atoms with van der Waals surface area (Å²) in [6.07, 6.45) is 4.83. The highest BCUT2D eigenvalue weighted by Crippen LogP contribution is 2.29. The number of anilines is 2. The molecular weight excluding hydrogens is 438 g/mol. The number of thiazole rings is 1. The van der Waals surface area contributed by atoms with Crippen LogP contribution in [-0.4, -0.2) is 28.2 Å². The maximum Gasteiger partial charge on any atom is 0.247 e. The summed E-state index contributed by atoms with van der Waals surface area (Å²) in [5.41, 5.74) is 1.36. The predicted octanol–water partition coefficient (Wildman–Crippen LogP) is 5.77. The molecule has 0 atom stereocenters. The lowest BCUT2D eigenvalue weighted by atomic mass is 10.3. The molecule has 3 rings (SSSR count). The first-order chi connectivity index (χ1) is 14.5. The summed E-state index contributed by atoms with van der Waals surface area (Å²) in [5, 5.41) is 2.37. The number of aromatic nitrogens is 1. The highest BCUT2D eigenvalue weighted by atomic mass is 35.5. The Bertz CT molecular complexity index is 1060. The summed E-state index contributed by atoms with van der Waals surface area (Å²) in [4.78, 5) is 33.5. The molecule has 0 N–H and O–H groups in total. The number of amides is 2. The third-order valence-corrected chi connectivity index (χ3v) is 6.12. The molecule has 1 aromatic carbocycles. The van der Waals surface area contributed by atoms with Crippen LogP contribution in [0, 0.1) is 0 Å². The molecule has 2 aromatic heterocycles. The van der Waals surface area contributed by atoms with Crippen molar-refractivity contribution in [2.24, 2.45) is 0 Å². The Labute approximate surface area is 188 Å². The molecule has 0 spiro atoms. The summed E-state index contributed by atoms with van der Waals surface area (Å²) in [5.74, 6) is -0.283. The molecule has 154 valence electrons. The highest BCUT2D eigenvalue weighted by Gasteiger charge is 2.17. The molecule has 0 unspecified atom stereocenters. The van der Waals surface area contributed by atoms with Crippen LogP contribution in [0.1, 0.15) is 17.5 Å². The number of hydrogen-bond acceptors (Lipinski definition) is 5. The average molecular weight is 458 g/mol. The number of halogens is 1. The fourth-order valence-electron chi connectivity index (χ4n) is 2.73. The Morgan fingerprint density at radius 3 is 2.60 bits per heavy atom. The van der Waals surface area contributed by atoms with Crippen molar-refractivity contribution in [3.63, 3.8) is 0 Å². The molecule has 2 heterocycles. The van der Waals surface area contributed by atoms with E-state index in [1.165, 1.54) is 35.7 Å². The number of carbonyl (C=O) groups is 2. The molecule has 5 nitrogen and oxygen atoms in total.